The van der Waals surface area contributed by atoms with Crippen LogP contribution in [0, 0.1) is 0 Å². The fourth-order valence-corrected chi connectivity index (χ4v) is 3.37. The van der Waals surface area contributed by atoms with Crippen molar-refractivity contribution in [1.29, 1.82) is 0 Å². The second-order valence-electron chi connectivity index (χ2n) is 7.10. The molecule has 0 aliphatic rings. The minimum absolute atomic E-state index is 0.0298. The summed E-state index contributed by atoms with van der Waals surface area (Å²) in [5.74, 6) is -0.197. The second-order valence-corrected chi connectivity index (χ2v) is 7.54. The summed E-state index contributed by atoms with van der Waals surface area (Å²) < 4.78 is 10.6. The molecule has 2 amide bonds. The molecule has 0 saturated carbocycles. The Kier molecular flexibility index (Phi) is 6.37. The van der Waals surface area contributed by atoms with E-state index in [1.165, 1.54) is 0 Å². The van der Waals surface area contributed by atoms with E-state index >= 15 is 0 Å². The van der Waals surface area contributed by atoms with Gasteiger partial charge in [-0.2, -0.15) is 4.98 Å². The summed E-state index contributed by atoms with van der Waals surface area (Å²) in [7, 11) is 0. The molecule has 0 spiro atoms. The zero-order chi connectivity index (χ0) is 22.5. The molecular formula is C22H20ClN5O4. The Morgan fingerprint density at radius 1 is 1.19 bits per heavy atom. The minimum atomic E-state index is -0.461. The number of primary amides is 1. The number of hydrogen-bond donors (Lipinski definition) is 3. The molecule has 4 rings (SSSR count). The molecule has 0 aliphatic heterocycles. The molecule has 2 aromatic carbocycles. The van der Waals surface area contributed by atoms with Crippen LogP contribution >= 0.6 is 11.6 Å². The normalized spacial score (nSPS) is 10.9. The predicted octanol–water partition coefficient (Wildman–Crippen LogP) is 2.78. The number of fused-ring (bicyclic) bond motifs is 1. The number of ether oxygens (including phenoxy) is 1. The Balaban J connectivity index is 1.27. The van der Waals surface area contributed by atoms with E-state index in [4.69, 9.17) is 26.6 Å². The van der Waals surface area contributed by atoms with E-state index in [1.807, 2.05) is 24.4 Å². The minimum Gasteiger partial charge on any atom is -0.485 e. The van der Waals surface area contributed by atoms with Crippen molar-refractivity contribution in [3.63, 3.8) is 0 Å². The summed E-state index contributed by atoms with van der Waals surface area (Å²) in [5.41, 5.74) is 7.99. The highest BCUT2D eigenvalue weighted by Crippen LogP contribution is 2.22. The number of carbonyl (C=O) groups is 2. The standard InChI is InChI=1S/C22H20ClN5O4/c23-15-3-6-18-17(10-15)14(11-26-18)7-8-25-21(30)22-27-20(28-32-22)12-31-16-4-1-13(2-5-16)9-19(24)29/h1-6,10-11,26H,7-9,12H2,(H2,24,29)(H,25,30). The Morgan fingerprint density at radius 2 is 2.00 bits per heavy atom. The van der Waals surface area contributed by atoms with E-state index in [0.717, 1.165) is 22.0 Å². The van der Waals surface area contributed by atoms with Crippen LogP contribution in [0.4, 0.5) is 0 Å². The Labute approximate surface area is 187 Å². The number of halogens is 1. The van der Waals surface area contributed by atoms with Gasteiger partial charge in [0.2, 0.25) is 11.7 Å². The molecule has 0 bridgehead atoms. The highest BCUT2D eigenvalue weighted by Gasteiger charge is 2.15. The van der Waals surface area contributed by atoms with Crippen LogP contribution in [0.1, 0.15) is 27.6 Å². The summed E-state index contributed by atoms with van der Waals surface area (Å²) in [6.45, 7) is 0.423. The van der Waals surface area contributed by atoms with Crippen molar-refractivity contribution in [2.24, 2.45) is 5.73 Å². The first-order valence-electron chi connectivity index (χ1n) is 9.84. The first kappa shape index (κ1) is 21.4. The van der Waals surface area contributed by atoms with E-state index in [2.05, 4.69) is 20.4 Å². The Hall–Kier alpha value is -3.85. The third-order valence-electron chi connectivity index (χ3n) is 4.74. The molecule has 32 heavy (non-hydrogen) atoms. The third-order valence-corrected chi connectivity index (χ3v) is 4.98. The van der Waals surface area contributed by atoms with Crippen LogP contribution in [0.15, 0.2) is 53.2 Å². The number of hydrogen-bond acceptors (Lipinski definition) is 6. The molecular weight excluding hydrogens is 434 g/mol. The third kappa shape index (κ3) is 5.25. The molecule has 4 N–H and O–H groups in total. The molecule has 10 heteroatoms. The van der Waals surface area contributed by atoms with Gasteiger partial charge < -0.3 is 25.3 Å². The highest BCUT2D eigenvalue weighted by molar-refractivity contribution is 6.31. The molecule has 0 aliphatic carbocycles. The predicted molar refractivity (Wildman–Crippen MR) is 117 cm³/mol. The van der Waals surface area contributed by atoms with Crippen molar-refractivity contribution in [2.75, 3.05) is 6.54 Å². The van der Waals surface area contributed by atoms with Gasteiger partial charge in [0.25, 0.3) is 0 Å². The van der Waals surface area contributed by atoms with Gasteiger partial charge in [-0.05, 0) is 47.9 Å². The lowest BCUT2D eigenvalue weighted by Gasteiger charge is -2.04. The Morgan fingerprint density at radius 3 is 2.78 bits per heavy atom. The Bertz CT molecular complexity index is 1250. The topological polar surface area (TPSA) is 136 Å². The summed E-state index contributed by atoms with van der Waals surface area (Å²) in [6, 6.07) is 12.5. The molecule has 0 unspecified atom stereocenters. The number of carbonyl (C=O) groups excluding carboxylic acids is 2. The van der Waals surface area contributed by atoms with Crippen LogP contribution < -0.4 is 15.8 Å². The van der Waals surface area contributed by atoms with Gasteiger partial charge in [-0.3, -0.25) is 9.59 Å². The number of rotatable bonds is 9. The molecule has 0 radical (unpaired) electrons. The van der Waals surface area contributed by atoms with Crippen molar-refractivity contribution < 1.29 is 18.8 Å². The van der Waals surface area contributed by atoms with Crippen molar-refractivity contribution in [3.8, 4) is 5.75 Å². The number of nitrogens with two attached hydrogens (primary N) is 1. The maximum atomic E-state index is 12.3. The first-order chi connectivity index (χ1) is 15.5. The van der Waals surface area contributed by atoms with Crippen LogP contribution in [-0.2, 0) is 24.2 Å². The number of nitrogens with zero attached hydrogens (tertiary/aromatic N) is 2. The lowest BCUT2D eigenvalue weighted by Crippen LogP contribution is -2.26. The van der Waals surface area contributed by atoms with Gasteiger partial charge in [0.05, 0.1) is 6.42 Å². The van der Waals surface area contributed by atoms with E-state index in [1.54, 1.807) is 24.3 Å². The van der Waals surface area contributed by atoms with Gasteiger partial charge in [0, 0.05) is 28.7 Å². The SMILES string of the molecule is NC(=O)Cc1ccc(OCc2noc(C(=O)NCCc3c[nH]c4ccc(Cl)cc34)n2)cc1. The molecule has 2 aromatic heterocycles. The molecule has 0 saturated heterocycles. The number of aromatic amines is 1. The van der Waals surface area contributed by atoms with Crippen molar-refractivity contribution in [3.05, 3.63) is 76.5 Å². The van der Waals surface area contributed by atoms with Crippen molar-refractivity contribution >= 4 is 34.3 Å². The number of nitrogens with one attached hydrogen (secondary N) is 2. The summed E-state index contributed by atoms with van der Waals surface area (Å²) in [6.07, 6.45) is 2.68. The zero-order valence-electron chi connectivity index (χ0n) is 16.9. The fourth-order valence-electron chi connectivity index (χ4n) is 3.20. The van der Waals surface area contributed by atoms with Gasteiger partial charge in [-0.25, -0.2) is 0 Å². The summed E-state index contributed by atoms with van der Waals surface area (Å²) >= 11 is 6.07. The smallest absolute Gasteiger partial charge is 0.316 e. The van der Waals surface area contributed by atoms with Gasteiger partial charge in [0.15, 0.2) is 6.61 Å². The van der Waals surface area contributed by atoms with Gasteiger partial charge in [-0.1, -0.05) is 28.9 Å². The fraction of sp³-hybridized carbons (Fsp3) is 0.182. The van der Waals surface area contributed by atoms with E-state index in [9.17, 15) is 9.59 Å². The molecule has 4 aromatic rings. The number of benzene rings is 2. The van der Waals surface area contributed by atoms with Gasteiger partial charge in [0.1, 0.15) is 5.75 Å². The monoisotopic (exact) mass is 453 g/mol. The summed E-state index contributed by atoms with van der Waals surface area (Å²) in [5, 5.41) is 8.21. The average Bonchev–Trinajstić information content (AvgIpc) is 3.40. The highest BCUT2D eigenvalue weighted by atomic mass is 35.5. The maximum absolute atomic E-state index is 12.3. The quantitative estimate of drug-likeness (QED) is 0.356. The molecule has 0 fully saturated rings. The molecule has 164 valence electrons. The van der Waals surface area contributed by atoms with E-state index in [0.29, 0.717) is 23.7 Å². The average molecular weight is 454 g/mol. The number of aromatic nitrogens is 3. The molecule has 0 atom stereocenters. The molecule has 2 heterocycles. The van der Waals surface area contributed by atoms with Crippen LogP contribution in [0.3, 0.4) is 0 Å². The van der Waals surface area contributed by atoms with Crippen LogP contribution in [-0.4, -0.2) is 33.5 Å². The maximum Gasteiger partial charge on any atom is 0.316 e. The van der Waals surface area contributed by atoms with Crippen LogP contribution in [0.5, 0.6) is 5.75 Å². The van der Waals surface area contributed by atoms with Crippen LogP contribution in [0.25, 0.3) is 10.9 Å². The zero-order valence-corrected chi connectivity index (χ0v) is 17.7. The summed E-state index contributed by atoms with van der Waals surface area (Å²) in [4.78, 5) is 30.5. The van der Waals surface area contributed by atoms with Crippen molar-refractivity contribution in [2.45, 2.75) is 19.4 Å². The number of amides is 2. The second kappa shape index (κ2) is 9.52. The lowest BCUT2D eigenvalue weighted by atomic mass is 10.1. The first-order valence-corrected chi connectivity index (χ1v) is 10.2. The van der Waals surface area contributed by atoms with Crippen molar-refractivity contribution in [1.82, 2.24) is 20.4 Å². The number of H-pyrrole nitrogens is 1. The van der Waals surface area contributed by atoms with Gasteiger partial charge in [-0.15, -0.1) is 0 Å². The molecule has 9 nitrogen and oxygen atoms in total. The van der Waals surface area contributed by atoms with E-state index in [-0.39, 0.29) is 24.7 Å². The van der Waals surface area contributed by atoms with Crippen LogP contribution in [0.2, 0.25) is 5.02 Å². The van der Waals surface area contributed by atoms with E-state index < -0.39 is 11.8 Å². The lowest BCUT2D eigenvalue weighted by molar-refractivity contribution is -0.117. The largest absolute Gasteiger partial charge is 0.485 e. The van der Waals surface area contributed by atoms with Gasteiger partial charge >= 0.3 is 11.8 Å².